The average molecular weight is 1970 g/mol. The largest absolute Gasteiger partial charge is 0.463 e. The van der Waals surface area contributed by atoms with E-state index in [1.807, 2.05) is 173 Å². The quantitative estimate of drug-likeness (QED) is 0.0359. The summed E-state index contributed by atoms with van der Waals surface area (Å²) in [4.78, 5) is 141. The number of rotatable bonds is 32. The van der Waals surface area contributed by atoms with Crippen molar-refractivity contribution in [3.05, 3.63) is 0 Å². The van der Waals surface area contributed by atoms with Gasteiger partial charge in [0.25, 0.3) is 0 Å². The Morgan fingerprint density at radius 1 is 0.381 bits per heavy atom. The van der Waals surface area contributed by atoms with Gasteiger partial charge in [0.15, 0.2) is 5.41 Å². The van der Waals surface area contributed by atoms with E-state index in [0.717, 1.165) is 122 Å². The van der Waals surface area contributed by atoms with Gasteiger partial charge in [-0.05, 0) is 310 Å². The third-order valence-corrected chi connectivity index (χ3v) is 32.6. The van der Waals surface area contributed by atoms with Gasteiger partial charge in [-0.15, -0.1) is 0 Å². The van der Waals surface area contributed by atoms with Crippen LogP contribution in [-0.2, 0) is 119 Å². The summed E-state index contributed by atoms with van der Waals surface area (Å²) in [7, 11) is 0. The van der Waals surface area contributed by atoms with E-state index in [1.54, 1.807) is 13.8 Å². The summed E-state index contributed by atoms with van der Waals surface area (Å²) in [6, 6.07) is 2.15. The van der Waals surface area contributed by atoms with Crippen molar-refractivity contribution >= 4 is 71.6 Å². The molecule has 15 unspecified atom stereocenters. The first-order valence-electron chi connectivity index (χ1n) is 52.7. The molecule has 3 heterocycles. The second-order valence-electron chi connectivity index (χ2n) is 47.2. The molecule has 15 atom stereocenters. The van der Waals surface area contributed by atoms with Crippen LogP contribution in [-0.4, -0.2) is 204 Å². The average Bonchev–Trinajstić information content (AvgIpc) is 1.40. The molecule has 0 aromatic rings. The number of esters is 12. The molecule has 3 saturated heterocycles. The van der Waals surface area contributed by atoms with Gasteiger partial charge in [0.05, 0.1) is 105 Å². The number of cyclic esters (lactones) is 1. The van der Waals surface area contributed by atoms with Crippen LogP contribution < -0.4 is 0 Å². The summed E-state index contributed by atoms with van der Waals surface area (Å²) in [5, 5.41) is 46.1. The smallest absolute Gasteiger partial charge is 0.347 e. The number of nitriles is 1. The van der Waals surface area contributed by atoms with Crippen molar-refractivity contribution in [2.75, 3.05) is 46.2 Å². The Balaban J connectivity index is 0.000000279. The zero-order chi connectivity index (χ0) is 105. The van der Waals surface area contributed by atoms with Gasteiger partial charge in [0, 0.05) is 49.4 Å². The predicted octanol–water partition coefficient (Wildman–Crippen LogP) is 19.0. The lowest BCUT2D eigenvalue weighted by molar-refractivity contribution is -0.277. The number of carbonyl (C=O) groups excluding carboxylic acids is 12. The van der Waals surface area contributed by atoms with Crippen LogP contribution >= 0.6 is 0 Å². The summed E-state index contributed by atoms with van der Waals surface area (Å²) in [6.07, 6.45) is 30.9. The number of fused-ring (bicyclic) bond motifs is 2. The van der Waals surface area contributed by atoms with E-state index in [-0.39, 0.29) is 170 Å². The van der Waals surface area contributed by atoms with Gasteiger partial charge >= 0.3 is 71.6 Å². The molecule has 0 amide bonds. The molecule has 11 aliphatic carbocycles. The lowest BCUT2D eigenvalue weighted by Crippen LogP contribution is -2.68. The minimum absolute atomic E-state index is 0.0214. The van der Waals surface area contributed by atoms with Crippen molar-refractivity contribution in [1.29, 1.82) is 5.26 Å². The number of aliphatic hydroxyl groups excluding tert-OH is 3. The number of hydrogen-bond donors (Lipinski definition) is 4. The SMILES string of the molecule is CCC(C)(C)C(=O)OC12CC3CC(O)(CC(OCCO)(C3)C1)C2.CCC(C)(C)C(=O)OC1C2CC3C(=O)OC1C3C2.CCC(C)(C)C(=O)OC1C2CC3C1OC(=O)C3(C#N)C2.CCC(C)(C)C(=O)OC1CCCCC1.CCC(C)(C)C(=O)OC1CCCCC1.CCC(C)(C)C(=O)OC1CCCCC1.CCC(C)(C)C(=O)OC1CCOC1=O.CCC(C)(C)C(=O)OCCO.CCC(C)(C)C(=O)OCCO. The third kappa shape index (κ3) is 33.5. The van der Waals surface area contributed by atoms with E-state index >= 15 is 0 Å². The maximum absolute atomic E-state index is 12.6. The topological polar surface area (TPSA) is 430 Å². The second kappa shape index (κ2) is 52.6. The zero-order valence-electron chi connectivity index (χ0n) is 90.2. The highest BCUT2D eigenvalue weighted by Gasteiger charge is 2.73. The van der Waals surface area contributed by atoms with E-state index in [4.69, 9.17) is 76.9 Å². The first-order valence-corrected chi connectivity index (χ1v) is 52.7. The van der Waals surface area contributed by atoms with E-state index < -0.39 is 78.9 Å². The molecule has 3 aliphatic heterocycles. The van der Waals surface area contributed by atoms with E-state index in [0.29, 0.717) is 69.3 Å². The minimum Gasteiger partial charge on any atom is -0.463 e. The maximum Gasteiger partial charge on any atom is 0.347 e. The molecule has 0 spiro atoms. The molecule has 139 heavy (non-hydrogen) atoms. The van der Waals surface area contributed by atoms with Crippen LogP contribution in [0.2, 0.25) is 0 Å². The Labute approximate surface area is 831 Å². The summed E-state index contributed by atoms with van der Waals surface area (Å²) < 4.78 is 69.9. The number of ether oxygens (including phenoxy) is 13. The van der Waals surface area contributed by atoms with Gasteiger partial charge in [0.2, 0.25) is 6.10 Å². The molecule has 14 rings (SSSR count). The fourth-order valence-corrected chi connectivity index (χ4v) is 19.3. The standard InChI is InChI=1S/C18H30O5.C15H19NO4.C14H20O4.3C12H22O2.C10H16O4.2C8H16O3/c1-4-15(2,3)14(20)23-18-9-13-7-16(21,11-18)10-17(8-13,12-18)22-6-5-19;1-4-14(2,3)12(17)19-10-8-5-9-11(10)20-13(18)15(9,6-8)7-16;1-4-14(2,3)13(16)18-10-7-5-8-9(6-7)12(15)17-11(8)10;3*1-4-12(2,3)11(13)14-10-8-6-5-7-9-10;1-4-10(2,3)9(12)14-7-5-6-13-8(7)11;2*1-4-8(2,3)7(10)11-6-5-9/h13,19,21H,4-12H2,1-3H3;8-11H,4-6H2,1-3H3;7-11H,4-6H2,1-3H3;3*10H,4-9H2,1-3H3;7H,4-6H2,1-3H3;2*9H,4-6H2,1-3H3. The third-order valence-electron chi connectivity index (χ3n) is 32.6. The highest BCUT2D eigenvalue weighted by molar-refractivity contribution is 5.86. The maximum atomic E-state index is 12.6. The van der Waals surface area contributed by atoms with Crippen molar-refractivity contribution < 1.29 is 140 Å². The molecule has 4 N–H and O–H groups in total. The monoisotopic (exact) mass is 1970 g/mol. The zero-order valence-corrected chi connectivity index (χ0v) is 90.2. The van der Waals surface area contributed by atoms with Crippen molar-refractivity contribution in [3.63, 3.8) is 0 Å². The van der Waals surface area contributed by atoms with Crippen LogP contribution in [0.3, 0.4) is 0 Å². The van der Waals surface area contributed by atoms with Crippen LogP contribution in [0.5, 0.6) is 0 Å². The fraction of sp³-hybridized carbons (Fsp3) is 0.881. The Bertz CT molecular complexity index is 3900. The summed E-state index contributed by atoms with van der Waals surface area (Å²) in [5.41, 5.74) is -6.62. The van der Waals surface area contributed by atoms with Crippen LogP contribution in [0.25, 0.3) is 0 Å². The van der Waals surface area contributed by atoms with Gasteiger partial charge in [-0.1, -0.05) is 81.6 Å². The van der Waals surface area contributed by atoms with Crippen LogP contribution in [0.4, 0.5) is 0 Å². The molecule has 0 radical (unpaired) electrons. The Kier molecular flexibility index (Phi) is 46.3. The van der Waals surface area contributed by atoms with Gasteiger partial charge in [-0.3, -0.25) is 52.7 Å². The first kappa shape index (κ1) is 122. The van der Waals surface area contributed by atoms with Crippen LogP contribution in [0, 0.1) is 101 Å². The molecular formula is C109H183NO29. The lowest BCUT2D eigenvalue weighted by Gasteiger charge is -2.63. The Morgan fingerprint density at radius 2 is 0.734 bits per heavy atom. The second-order valence-corrected chi connectivity index (χ2v) is 47.2. The molecule has 0 aromatic carbocycles. The Hall–Kier alpha value is -7.07. The minimum atomic E-state index is -0.974. The van der Waals surface area contributed by atoms with Gasteiger partial charge in [0.1, 0.15) is 61.5 Å². The van der Waals surface area contributed by atoms with Gasteiger partial charge in [-0.25, -0.2) is 4.79 Å². The van der Waals surface area contributed by atoms with E-state index in [1.165, 1.54) is 57.8 Å². The molecule has 0 aromatic heterocycles. The molecule has 30 heteroatoms. The molecule has 14 fully saturated rings. The number of aliphatic hydroxyl groups is 4. The highest BCUT2D eigenvalue weighted by atomic mass is 16.6. The predicted molar refractivity (Wildman–Crippen MR) is 521 cm³/mol. The highest BCUT2D eigenvalue weighted by Crippen LogP contribution is 2.64. The summed E-state index contributed by atoms with van der Waals surface area (Å²) in [6.45, 7) is 52.3. The van der Waals surface area contributed by atoms with Gasteiger partial charge < -0.3 is 82.0 Å². The van der Waals surface area contributed by atoms with Crippen LogP contribution in [0.1, 0.15) is 412 Å². The molecule has 14 aliphatic rings. The van der Waals surface area contributed by atoms with Crippen molar-refractivity contribution in [3.8, 4) is 6.07 Å². The normalized spacial score (nSPS) is 28.1. The Morgan fingerprint density at radius 3 is 1.09 bits per heavy atom. The first-order chi connectivity index (χ1) is 64.7. The summed E-state index contributed by atoms with van der Waals surface area (Å²) >= 11 is 0. The van der Waals surface area contributed by atoms with Crippen molar-refractivity contribution in [1.82, 2.24) is 0 Å². The molecular weight excluding hydrogens is 1790 g/mol. The van der Waals surface area contributed by atoms with Crippen molar-refractivity contribution in [2.24, 2.45) is 89.7 Å². The molecule has 798 valence electrons. The molecule has 8 bridgehead atoms. The fourth-order valence-electron chi connectivity index (χ4n) is 19.3. The molecule has 30 nitrogen and oxygen atoms in total. The summed E-state index contributed by atoms with van der Waals surface area (Å²) in [5.74, 6) is -1.40. The number of nitrogens with zero attached hydrogens (tertiary/aromatic N) is 1. The van der Waals surface area contributed by atoms with Crippen molar-refractivity contribution in [2.45, 2.75) is 477 Å². The van der Waals surface area contributed by atoms with Crippen LogP contribution in [0.15, 0.2) is 0 Å². The molecule has 11 saturated carbocycles. The van der Waals surface area contributed by atoms with E-state index in [9.17, 15) is 67.9 Å². The number of hydrogen-bond acceptors (Lipinski definition) is 30. The lowest BCUT2D eigenvalue weighted by atomic mass is 9.50. The van der Waals surface area contributed by atoms with E-state index in [2.05, 4.69) is 6.07 Å². The number of carbonyl (C=O) groups is 12. The van der Waals surface area contributed by atoms with Gasteiger partial charge in [-0.2, -0.15) is 5.26 Å².